The standard InChI is InChI=1S/C8H14N2/c1-4-5-10(3)7-8(2)6-9/h4,8H,1,5,7H2,2-3H3. The first-order chi connectivity index (χ1) is 4.70. The topological polar surface area (TPSA) is 27.0 Å². The molecule has 0 aromatic heterocycles. The van der Waals surface area contributed by atoms with Gasteiger partial charge in [-0.25, -0.2) is 0 Å². The molecule has 1 unspecified atom stereocenters. The number of nitrogens with zero attached hydrogens (tertiary/aromatic N) is 2. The second-order valence-electron chi connectivity index (χ2n) is 2.54. The van der Waals surface area contributed by atoms with Crippen LogP contribution in [-0.4, -0.2) is 25.0 Å². The molecule has 0 saturated heterocycles. The maximum absolute atomic E-state index is 8.45. The second-order valence-corrected chi connectivity index (χ2v) is 2.54. The van der Waals surface area contributed by atoms with E-state index in [0.717, 1.165) is 13.1 Å². The van der Waals surface area contributed by atoms with Crippen LogP contribution in [0.25, 0.3) is 0 Å². The third-order valence-electron chi connectivity index (χ3n) is 1.25. The summed E-state index contributed by atoms with van der Waals surface area (Å²) < 4.78 is 0. The molecule has 1 atom stereocenters. The predicted molar refractivity (Wildman–Crippen MR) is 42.5 cm³/mol. The van der Waals surface area contributed by atoms with E-state index in [4.69, 9.17) is 5.26 Å². The SMILES string of the molecule is C=CCN(C)CC(C)C#N. The molecule has 0 aliphatic rings. The molecule has 0 aliphatic carbocycles. The van der Waals surface area contributed by atoms with Crippen LogP contribution in [0.4, 0.5) is 0 Å². The molecule has 0 heterocycles. The summed E-state index contributed by atoms with van der Waals surface area (Å²) in [6, 6.07) is 2.18. The Bertz CT molecular complexity index is 135. The van der Waals surface area contributed by atoms with Crippen LogP contribution in [0.5, 0.6) is 0 Å². The summed E-state index contributed by atoms with van der Waals surface area (Å²) in [7, 11) is 1.98. The minimum atomic E-state index is 0.116. The van der Waals surface area contributed by atoms with Gasteiger partial charge in [-0.3, -0.25) is 0 Å². The Morgan fingerprint density at radius 3 is 2.80 bits per heavy atom. The third-order valence-corrected chi connectivity index (χ3v) is 1.25. The van der Waals surface area contributed by atoms with E-state index in [1.54, 1.807) is 0 Å². The number of likely N-dealkylation sites (N-methyl/N-ethyl adjacent to an activating group) is 1. The highest BCUT2D eigenvalue weighted by Gasteiger charge is 2.01. The fourth-order valence-corrected chi connectivity index (χ4v) is 0.803. The Hall–Kier alpha value is -0.810. The molecule has 2 nitrogen and oxygen atoms in total. The van der Waals surface area contributed by atoms with Crippen molar-refractivity contribution in [2.24, 2.45) is 5.92 Å². The zero-order valence-corrected chi connectivity index (χ0v) is 6.67. The first-order valence-electron chi connectivity index (χ1n) is 3.39. The maximum Gasteiger partial charge on any atom is 0.0666 e. The van der Waals surface area contributed by atoms with E-state index >= 15 is 0 Å². The van der Waals surface area contributed by atoms with Crippen molar-refractivity contribution in [3.8, 4) is 6.07 Å². The van der Waals surface area contributed by atoms with Gasteiger partial charge >= 0.3 is 0 Å². The van der Waals surface area contributed by atoms with Gasteiger partial charge in [-0.2, -0.15) is 5.26 Å². The van der Waals surface area contributed by atoms with Crippen molar-refractivity contribution in [1.82, 2.24) is 4.90 Å². The maximum atomic E-state index is 8.45. The van der Waals surface area contributed by atoms with Crippen molar-refractivity contribution in [1.29, 1.82) is 5.26 Å². The smallest absolute Gasteiger partial charge is 0.0666 e. The summed E-state index contributed by atoms with van der Waals surface area (Å²) in [5.74, 6) is 0.116. The van der Waals surface area contributed by atoms with Crippen molar-refractivity contribution in [3.05, 3.63) is 12.7 Å². The summed E-state index contributed by atoms with van der Waals surface area (Å²) in [6.07, 6.45) is 1.84. The van der Waals surface area contributed by atoms with E-state index in [9.17, 15) is 0 Å². The normalized spacial score (nSPS) is 12.6. The van der Waals surface area contributed by atoms with Crippen LogP contribution in [0.15, 0.2) is 12.7 Å². The van der Waals surface area contributed by atoms with Gasteiger partial charge in [0.05, 0.1) is 12.0 Å². The van der Waals surface area contributed by atoms with Gasteiger partial charge in [-0.15, -0.1) is 6.58 Å². The number of nitriles is 1. The number of rotatable bonds is 4. The average molecular weight is 138 g/mol. The molecule has 0 aromatic rings. The van der Waals surface area contributed by atoms with Crippen LogP contribution in [0.1, 0.15) is 6.92 Å². The molecule has 2 heteroatoms. The lowest BCUT2D eigenvalue weighted by Gasteiger charge is -2.14. The highest BCUT2D eigenvalue weighted by Crippen LogP contribution is 1.94. The molecule has 0 amide bonds. The first-order valence-corrected chi connectivity index (χ1v) is 3.39. The van der Waals surface area contributed by atoms with E-state index in [-0.39, 0.29) is 5.92 Å². The number of hydrogen-bond donors (Lipinski definition) is 0. The van der Waals surface area contributed by atoms with E-state index in [0.29, 0.717) is 0 Å². The third kappa shape index (κ3) is 4.11. The fraction of sp³-hybridized carbons (Fsp3) is 0.625. The van der Waals surface area contributed by atoms with E-state index in [1.165, 1.54) is 0 Å². The molecule has 0 fully saturated rings. The van der Waals surface area contributed by atoms with Crippen molar-refractivity contribution < 1.29 is 0 Å². The summed E-state index contributed by atoms with van der Waals surface area (Å²) in [4.78, 5) is 2.07. The molecule has 10 heavy (non-hydrogen) atoms. The van der Waals surface area contributed by atoms with Crippen LogP contribution in [-0.2, 0) is 0 Å². The summed E-state index contributed by atoms with van der Waals surface area (Å²) in [5.41, 5.74) is 0. The van der Waals surface area contributed by atoms with Gasteiger partial charge in [0.2, 0.25) is 0 Å². The number of hydrogen-bond acceptors (Lipinski definition) is 2. The minimum Gasteiger partial charge on any atom is -0.301 e. The highest BCUT2D eigenvalue weighted by molar-refractivity contribution is 4.82. The Labute approximate surface area is 62.8 Å². The fourth-order valence-electron chi connectivity index (χ4n) is 0.803. The van der Waals surface area contributed by atoms with Crippen molar-refractivity contribution in [2.45, 2.75) is 6.92 Å². The second kappa shape index (κ2) is 5.01. The monoisotopic (exact) mass is 138 g/mol. The lowest BCUT2D eigenvalue weighted by atomic mass is 10.2. The molecule has 0 bridgehead atoms. The highest BCUT2D eigenvalue weighted by atomic mass is 15.1. The van der Waals surface area contributed by atoms with Crippen molar-refractivity contribution in [2.75, 3.05) is 20.1 Å². The van der Waals surface area contributed by atoms with Crippen LogP contribution < -0.4 is 0 Å². The zero-order chi connectivity index (χ0) is 7.98. The molecule has 0 saturated carbocycles. The van der Waals surface area contributed by atoms with Crippen LogP contribution in [0.3, 0.4) is 0 Å². The molecule has 0 aromatic carbocycles. The summed E-state index contributed by atoms with van der Waals surface area (Å²) >= 11 is 0. The molecule has 0 spiro atoms. The van der Waals surface area contributed by atoms with Gasteiger partial charge in [-0.05, 0) is 14.0 Å². The molecule has 0 N–H and O–H groups in total. The van der Waals surface area contributed by atoms with Gasteiger partial charge in [-0.1, -0.05) is 6.08 Å². The quantitative estimate of drug-likeness (QED) is 0.547. The minimum absolute atomic E-state index is 0.116. The van der Waals surface area contributed by atoms with Gasteiger partial charge in [0.15, 0.2) is 0 Å². The van der Waals surface area contributed by atoms with Crippen LogP contribution in [0.2, 0.25) is 0 Å². The van der Waals surface area contributed by atoms with Crippen LogP contribution >= 0.6 is 0 Å². The van der Waals surface area contributed by atoms with Crippen molar-refractivity contribution >= 4 is 0 Å². The van der Waals surface area contributed by atoms with Gasteiger partial charge in [0.25, 0.3) is 0 Å². The first kappa shape index (κ1) is 9.19. The van der Waals surface area contributed by atoms with E-state index in [2.05, 4.69) is 17.5 Å². The lowest BCUT2D eigenvalue weighted by molar-refractivity contribution is 0.342. The Morgan fingerprint density at radius 1 is 1.80 bits per heavy atom. The molecular weight excluding hydrogens is 124 g/mol. The Kier molecular flexibility index (Phi) is 4.61. The Balaban J connectivity index is 3.48. The average Bonchev–Trinajstić information content (AvgIpc) is 1.88. The molecular formula is C8H14N2. The van der Waals surface area contributed by atoms with Gasteiger partial charge < -0.3 is 4.90 Å². The predicted octanol–water partition coefficient (Wildman–Crippen LogP) is 1.26. The van der Waals surface area contributed by atoms with Crippen molar-refractivity contribution in [3.63, 3.8) is 0 Å². The molecule has 56 valence electrons. The molecule has 0 aliphatic heterocycles. The largest absolute Gasteiger partial charge is 0.301 e. The van der Waals surface area contributed by atoms with E-state index in [1.807, 2.05) is 20.0 Å². The summed E-state index contributed by atoms with van der Waals surface area (Å²) in [5, 5.41) is 8.45. The summed E-state index contributed by atoms with van der Waals surface area (Å²) in [6.45, 7) is 7.20. The Morgan fingerprint density at radius 2 is 2.40 bits per heavy atom. The van der Waals surface area contributed by atoms with E-state index < -0.39 is 0 Å². The van der Waals surface area contributed by atoms with Gasteiger partial charge in [0.1, 0.15) is 0 Å². The van der Waals surface area contributed by atoms with Gasteiger partial charge in [0, 0.05) is 13.1 Å². The molecule has 0 rings (SSSR count). The lowest BCUT2D eigenvalue weighted by Crippen LogP contribution is -2.23. The molecule has 0 radical (unpaired) electrons. The zero-order valence-electron chi connectivity index (χ0n) is 6.67. The van der Waals surface area contributed by atoms with Crippen LogP contribution in [0, 0.1) is 17.2 Å².